The van der Waals surface area contributed by atoms with Crippen LogP contribution in [0.25, 0.3) is 0 Å². The van der Waals surface area contributed by atoms with Crippen LogP contribution < -0.4 is 9.64 Å². The lowest BCUT2D eigenvalue weighted by molar-refractivity contribution is 0.378. The standard InChI is InChI=1S/C11H15BrClN3O/c1-17-11-14-7-9(13)10(15-11)16-5-3-2-4-8(16)6-12/h7-8H,2-6H2,1H3. The number of methoxy groups -OCH3 is 1. The van der Waals surface area contributed by atoms with Gasteiger partial charge in [-0.3, -0.25) is 0 Å². The van der Waals surface area contributed by atoms with Crippen molar-refractivity contribution in [1.82, 2.24) is 9.97 Å². The van der Waals surface area contributed by atoms with Crippen molar-refractivity contribution in [3.8, 4) is 6.01 Å². The Labute approximate surface area is 114 Å². The van der Waals surface area contributed by atoms with E-state index in [1.54, 1.807) is 13.3 Å². The second-order valence-corrected chi connectivity index (χ2v) is 5.08. The smallest absolute Gasteiger partial charge is 0.318 e. The van der Waals surface area contributed by atoms with Crippen molar-refractivity contribution >= 4 is 33.3 Å². The van der Waals surface area contributed by atoms with Gasteiger partial charge in [-0.25, -0.2) is 4.98 Å². The molecule has 0 N–H and O–H groups in total. The molecular weight excluding hydrogens is 305 g/mol. The molecule has 1 fully saturated rings. The first kappa shape index (κ1) is 12.9. The summed E-state index contributed by atoms with van der Waals surface area (Å²) in [5.74, 6) is 0.780. The summed E-state index contributed by atoms with van der Waals surface area (Å²) < 4.78 is 5.05. The summed E-state index contributed by atoms with van der Waals surface area (Å²) in [5, 5.41) is 1.51. The fourth-order valence-electron chi connectivity index (χ4n) is 2.08. The minimum absolute atomic E-state index is 0.364. The number of ether oxygens (including phenoxy) is 1. The summed E-state index contributed by atoms with van der Waals surface area (Å²) in [6.45, 7) is 0.982. The lowest BCUT2D eigenvalue weighted by Gasteiger charge is -2.36. The fraction of sp³-hybridized carbons (Fsp3) is 0.636. The Hall–Kier alpha value is -0.550. The highest BCUT2D eigenvalue weighted by Crippen LogP contribution is 2.30. The van der Waals surface area contributed by atoms with Crippen LogP contribution in [0.3, 0.4) is 0 Å². The Morgan fingerprint density at radius 3 is 3.12 bits per heavy atom. The molecule has 0 spiro atoms. The molecular formula is C11H15BrClN3O. The summed E-state index contributed by atoms with van der Waals surface area (Å²) in [7, 11) is 1.56. The van der Waals surface area contributed by atoms with E-state index in [0.717, 1.165) is 24.1 Å². The molecule has 4 nitrogen and oxygen atoms in total. The van der Waals surface area contributed by atoms with Crippen molar-refractivity contribution in [2.24, 2.45) is 0 Å². The Kier molecular flexibility index (Phi) is 4.45. The van der Waals surface area contributed by atoms with E-state index < -0.39 is 0 Å². The Bertz CT molecular complexity index is 391. The largest absolute Gasteiger partial charge is 0.467 e. The molecule has 0 aromatic carbocycles. The van der Waals surface area contributed by atoms with Crippen LogP contribution in [0.5, 0.6) is 6.01 Å². The molecule has 1 unspecified atom stereocenters. The number of nitrogens with zero attached hydrogens (tertiary/aromatic N) is 3. The van der Waals surface area contributed by atoms with E-state index in [9.17, 15) is 0 Å². The van der Waals surface area contributed by atoms with Crippen molar-refractivity contribution in [2.75, 3.05) is 23.9 Å². The number of rotatable bonds is 3. The Balaban J connectivity index is 2.30. The van der Waals surface area contributed by atoms with Gasteiger partial charge in [-0.15, -0.1) is 0 Å². The van der Waals surface area contributed by atoms with Gasteiger partial charge in [0.1, 0.15) is 5.02 Å². The van der Waals surface area contributed by atoms with Gasteiger partial charge in [-0.1, -0.05) is 27.5 Å². The Morgan fingerprint density at radius 1 is 1.59 bits per heavy atom. The number of alkyl halides is 1. The number of hydrogen-bond donors (Lipinski definition) is 0. The maximum Gasteiger partial charge on any atom is 0.318 e. The minimum Gasteiger partial charge on any atom is -0.467 e. The van der Waals surface area contributed by atoms with E-state index in [0.29, 0.717) is 17.1 Å². The molecule has 0 bridgehead atoms. The van der Waals surface area contributed by atoms with Crippen LogP contribution in [-0.4, -0.2) is 35.0 Å². The zero-order valence-corrected chi connectivity index (χ0v) is 12.0. The second-order valence-electron chi connectivity index (χ2n) is 4.03. The molecule has 0 aliphatic carbocycles. The van der Waals surface area contributed by atoms with Crippen molar-refractivity contribution in [1.29, 1.82) is 0 Å². The first-order valence-electron chi connectivity index (χ1n) is 5.65. The quantitative estimate of drug-likeness (QED) is 0.803. The Morgan fingerprint density at radius 2 is 2.41 bits per heavy atom. The second kappa shape index (κ2) is 5.87. The van der Waals surface area contributed by atoms with Gasteiger partial charge in [0.2, 0.25) is 0 Å². The maximum atomic E-state index is 6.17. The maximum absolute atomic E-state index is 6.17. The summed E-state index contributed by atoms with van der Waals surface area (Å²) >= 11 is 9.72. The van der Waals surface area contributed by atoms with Crippen LogP contribution in [0, 0.1) is 0 Å². The zero-order valence-electron chi connectivity index (χ0n) is 9.70. The van der Waals surface area contributed by atoms with Crippen molar-refractivity contribution in [3.05, 3.63) is 11.2 Å². The van der Waals surface area contributed by atoms with Crippen molar-refractivity contribution < 1.29 is 4.74 Å². The van der Waals surface area contributed by atoms with Gasteiger partial charge in [-0.2, -0.15) is 4.98 Å². The molecule has 6 heteroatoms. The molecule has 0 radical (unpaired) electrons. The molecule has 1 aromatic heterocycles. The first-order chi connectivity index (χ1) is 8.26. The molecule has 1 aromatic rings. The van der Waals surface area contributed by atoms with Gasteiger partial charge >= 0.3 is 6.01 Å². The highest BCUT2D eigenvalue weighted by atomic mass is 79.9. The molecule has 1 aliphatic rings. The average Bonchev–Trinajstić information content (AvgIpc) is 2.39. The van der Waals surface area contributed by atoms with Crippen LogP contribution in [-0.2, 0) is 0 Å². The molecule has 0 saturated carbocycles. The predicted molar refractivity (Wildman–Crippen MR) is 72.4 cm³/mol. The number of anilines is 1. The third-order valence-corrected chi connectivity index (χ3v) is 3.98. The van der Waals surface area contributed by atoms with Gasteiger partial charge < -0.3 is 9.64 Å². The lowest BCUT2D eigenvalue weighted by atomic mass is 10.0. The van der Waals surface area contributed by atoms with Gasteiger partial charge in [0, 0.05) is 17.9 Å². The fourth-order valence-corrected chi connectivity index (χ4v) is 2.95. The van der Waals surface area contributed by atoms with E-state index in [1.165, 1.54) is 12.8 Å². The number of piperidine rings is 1. The van der Waals surface area contributed by atoms with E-state index in [-0.39, 0.29) is 0 Å². The molecule has 2 heterocycles. The van der Waals surface area contributed by atoms with Crippen LogP contribution >= 0.6 is 27.5 Å². The van der Waals surface area contributed by atoms with Crippen LogP contribution in [0.2, 0.25) is 5.02 Å². The molecule has 1 saturated heterocycles. The van der Waals surface area contributed by atoms with E-state index in [4.69, 9.17) is 16.3 Å². The summed E-state index contributed by atoms with van der Waals surface area (Å²) in [4.78, 5) is 10.6. The molecule has 17 heavy (non-hydrogen) atoms. The summed E-state index contributed by atoms with van der Waals surface area (Å²) in [5.41, 5.74) is 0. The van der Waals surface area contributed by atoms with Gasteiger partial charge in [0.25, 0.3) is 0 Å². The minimum atomic E-state index is 0.364. The van der Waals surface area contributed by atoms with E-state index >= 15 is 0 Å². The van der Waals surface area contributed by atoms with Gasteiger partial charge in [0.05, 0.1) is 13.3 Å². The van der Waals surface area contributed by atoms with Crippen molar-refractivity contribution in [3.63, 3.8) is 0 Å². The van der Waals surface area contributed by atoms with Gasteiger partial charge in [0.15, 0.2) is 5.82 Å². The SMILES string of the molecule is COc1ncc(Cl)c(N2CCCCC2CBr)n1. The topological polar surface area (TPSA) is 38.2 Å². The zero-order chi connectivity index (χ0) is 12.3. The highest BCUT2D eigenvalue weighted by Gasteiger charge is 2.25. The van der Waals surface area contributed by atoms with E-state index in [1.807, 2.05) is 0 Å². The molecule has 1 aliphatic heterocycles. The molecule has 2 rings (SSSR count). The normalized spacial score (nSPS) is 20.4. The third-order valence-electron chi connectivity index (χ3n) is 2.96. The number of aromatic nitrogens is 2. The first-order valence-corrected chi connectivity index (χ1v) is 7.15. The number of hydrogen-bond acceptors (Lipinski definition) is 4. The van der Waals surface area contributed by atoms with Crippen LogP contribution in [0.15, 0.2) is 6.20 Å². The van der Waals surface area contributed by atoms with Crippen molar-refractivity contribution in [2.45, 2.75) is 25.3 Å². The molecule has 0 amide bonds. The third kappa shape index (κ3) is 2.83. The summed E-state index contributed by atoms with van der Waals surface area (Å²) in [6, 6.07) is 0.809. The van der Waals surface area contributed by atoms with Crippen LogP contribution in [0.4, 0.5) is 5.82 Å². The highest BCUT2D eigenvalue weighted by molar-refractivity contribution is 9.09. The average molecular weight is 321 g/mol. The van der Waals surface area contributed by atoms with E-state index in [2.05, 4.69) is 30.8 Å². The molecule has 1 atom stereocenters. The number of halogens is 2. The monoisotopic (exact) mass is 319 g/mol. The van der Waals surface area contributed by atoms with Crippen LogP contribution in [0.1, 0.15) is 19.3 Å². The summed E-state index contributed by atoms with van der Waals surface area (Å²) in [6.07, 6.45) is 5.19. The lowest BCUT2D eigenvalue weighted by Crippen LogP contribution is -2.41. The molecule has 94 valence electrons. The van der Waals surface area contributed by atoms with Gasteiger partial charge in [-0.05, 0) is 19.3 Å². The predicted octanol–water partition coefficient (Wildman–Crippen LogP) is 2.89.